The van der Waals surface area contributed by atoms with E-state index < -0.39 is 6.04 Å². The molecule has 0 rings (SSSR count). The van der Waals surface area contributed by atoms with E-state index in [0.717, 1.165) is 12.2 Å². The summed E-state index contributed by atoms with van der Waals surface area (Å²) in [5.41, 5.74) is 5.56. The van der Waals surface area contributed by atoms with Gasteiger partial charge in [-0.15, -0.1) is 0 Å². The zero-order valence-corrected chi connectivity index (χ0v) is 8.52. The molecule has 2 N–H and O–H groups in total. The van der Waals surface area contributed by atoms with Crippen molar-refractivity contribution in [3.05, 3.63) is 0 Å². The van der Waals surface area contributed by atoms with E-state index >= 15 is 0 Å². The molecular formula is C8H17NO2S. The lowest BCUT2D eigenvalue weighted by Crippen LogP contribution is -2.32. The highest BCUT2D eigenvalue weighted by molar-refractivity contribution is 7.98. The summed E-state index contributed by atoms with van der Waals surface area (Å²) in [6, 6.07) is -0.441. The van der Waals surface area contributed by atoms with Crippen molar-refractivity contribution in [2.45, 2.75) is 25.8 Å². The van der Waals surface area contributed by atoms with Crippen molar-refractivity contribution < 1.29 is 9.53 Å². The van der Waals surface area contributed by atoms with Crippen LogP contribution in [0.3, 0.4) is 0 Å². The van der Waals surface area contributed by atoms with Gasteiger partial charge < -0.3 is 10.5 Å². The molecule has 0 fully saturated rings. The van der Waals surface area contributed by atoms with Crippen molar-refractivity contribution in [3.63, 3.8) is 0 Å². The molecule has 0 unspecified atom stereocenters. The van der Waals surface area contributed by atoms with Gasteiger partial charge in [-0.25, -0.2) is 0 Å². The Labute approximate surface area is 78.0 Å². The molecule has 0 radical (unpaired) electrons. The van der Waals surface area contributed by atoms with E-state index in [1.165, 1.54) is 0 Å². The quantitative estimate of drug-likeness (QED) is 0.637. The molecule has 0 aromatic rings. The smallest absolute Gasteiger partial charge is 0.322 e. The van der Waals surface area contributed by atoms with E-state index in [9.17, 15) is 4.79 Å². The topological polar surface area (TPSA) is 52.3 Å². The minimum atomic E-state index is -0.441. The monoisotopic (exact) mass is 191 g/mol. The number of nitrogens with two attached hydrogens (primary N) is 1. The maximum atomic E-state index is 11.1. The predicted molar refractivity (Wildman–Crippen MR) is 52.2 cm³/mol. The first-order valence-corrected chi connectivity index (χ1v) is 5.53. The molecule has 0 aliphatic rings. The zero-order chi connectivity index (χ0) is 9.40. The van der Waals surface area contributed by atoms with Crippen LogP contribution in [-0.2, 0) is 9.53 Å². The second-order valence-corrected chi connectivity index (χ2v) is 3.54. The number of hydrogen-bond donors (Lipinski definition) is 1. The number of hydrogen-bond acceptors (Lipinski definition) is 4. The van der Waals surface area contributed by atoms with Gasteiger partial charge in [-0.05, 0) is 24.9 Å². The van der Waals surface area contributed by atoms with Gasteiger partial charge in [0.1, 0.15) is 6.04 Å². The van der Waals surface area contributed by atoms with Crippen molar-refractivity contribution in [1.82, 2.24) is 0 Å². The fourth-order valence-electron chi connectivity index (χ4n) is 0.672. The summed E-state index contributed by atoms with van der Waals surface area (Å²) in [4.78, 5) is 11.1. The van der Waals surface area contributed by atoms with Gasteiger partial charge in [0, 0.05) is 0 Å². The third kappa shape index (κ3) is 5.43. The average molecular weight is 191 g/mol. The van der Waals surface area contributed by atoms with E-state index in [4.69, 9.17) is 10.5 Å². The van der Waals surface area contributed by atoms with E-state index in [2.05, 4.69) is 0 Å². The Morgan fingerprint density at radius 2 is 2.33 bits per heavy atom. The van der Waals surface area contributed by atoms with Gasteiger partial charge >= 0.3 is 5.97 Å². The van der Waals surface area contributed by atoms with E-state index in [-0.39, 0.29) is 5.97 Å². The number of carbonyl (C=O) groups is 1. The molecule has 0 aliphatic carbocycles. The molecule has 3 nitrogen and oxygen atoms in total. The van der Waals surface area contributed by atoms with Crippen LogP contribution in [0, 0.1) is 0 Å². The van der Waals surface area contributed by atoms with Crippen molar-refractivity contribution in [2.24, 2.45) is 5.73 Å². The van der Waals surface area contributed by atoms with Gasteiger partial charge in [0.05, 0.1) is 6.61 Å². The van der Waals surface area contributed by atoms with Crippen LogP contribution in [0.15, 0.2) is 0 Å². The number of carbonyl (C=O) groups excluding carboxylic acids is 1. The second-order valence-electron chi connectivity index (χ2n) is 2.56. The standard InChI is InChI=1S/C8H17NO2S/c1-3-5-11-8(10)7(9)4-6-12-2/h7H,3-6,9H2,1-2H3/t7-/m1/s1. The minimum Gasteiger partial charge on any atom is -0.465 e. The molecule has 0 heterocycles. The van der Waals surface area contributed by atoms with Crippen molar-refractivity contribution >= 4 is 17.7 Å². The molecule has 0 aromatic heterocycles. The Balaban J connectivity index is 3.47. The summed E-state index contributed by atoms with van der Waals surface area (Å²) < 4.78 is 4.88. The lowest BCUT2D eigenvalue weighted by molar-refractivity contribution is -0.145. The molecule has 0 amide bonds. The largest absolute Gasteiger partial charge is 0.465 e. The second kappa shape index (κ2) is 7.43. The number of rotatable bonds is 6. The number of ether oxygens (including phenoxy) is 1. The molecule has 0 aliphatic heterocycles. The van der Waals surface area contributed by atoms with Crippen LogP contribution in [0.25, 0.3) is 0 Å². The third-order valence-corrected chi connectivity index (χ3v) is 2.03. The van der Waals surface area contributed by atoms with Crippen LogP contribution >= 0.6 is 11.8 Å². The predicted octanol–water partition coefficient (Wildman–Crippen LogP) is 1.02. The summed E-state index contributed by atoms with van der Waals surface area (Å²) in [5, 5.41) is 0. The summed E-state index contributed by atoms with van der Waals surface area (Å²) in [7, 11) is 0. The SMILES string of the molecule is CCCOC(=O)[C@H](N)CCSC. The van der Waals surface area contributed by atoms with Crippen LogP contribution in [0.2, 0.25) is 0 Å². The number of esters is 1. The van der Waals surface area contributed by atoms with Crippen LogP contribution in [0.4, 0.5) is 0 Å². The normalized spacial score (nSPS) is 12.6. The van der Waals surface area contributed by atoms with Crippen molar-refractivity contribution in [3.8, 4) is 0 Å². The molecule has 1 atom stereocenters. The lowest BCUT2D eigenvalue weighted by atomic mass is 10.2. The van der Waals surface area contributed by atoms with Crippen LogP contribution in [-0.4, -0.2) is 30.6 Å². The molecular weight excluding hydrogens is 174 g/mol. The highest BCUT2D eigenvalue weighted by atomic mass is 32.2. The molecule has 0 aromatic carbocycles. The first-order chi connectivity index (χ1) is 5.72. The fourth-order valence-corrected chi connectivity index (χ4v) is 1.16. The van der Waals surface area contributed by atoms with Crippen LogP contribution in [0.5, 0.6) is 0 Å². The Morgan fingerprint density at radius 3 is 2.83 bits per heavy atom. The molecule has 0 saturated heterocycles. The van der Waals surface area contributed by atoms with Gasteiger partial charge in [-0.3, -0.25) is 4.79 Å². The van der Waals surface area contributed by atoms with Gasteiger partial charge in [-0.1, -0.05) is 6.92 Å². The summed E-state index contributed by atoms with van der Waals surface area (Å²) in [6.45, 7) is 2.44. The number of thioether (sulfide) groups is 1. The van der Waals surface area contributed by atoms with E-state index in [1.54, 1.807) is 11.8 Å². The van der Waals surface area contributed by atoms with Gasteiger partial charge in [0.15, 0.2) is 0 Å². The fraction of sp³-hybridized carbons (Fsp3) is 0.875. The molecule has 72 valence electrons. The first-order valence-electron chi connectivity index (χ1n) is 4.13. The molecule has 4 heteroatoms. The molecule has 0 spiro atoms. The van der Waals surface area contributed by atoms with Gasteiger partial charge in [0.25, 0.3) is 0 Å². The third-order valence-electron chi connectivity index (χ3n) is 1.38. The highest BCUT2D eigenvalue weighted by Crippen LogP contribution is 2.00. The van der Waals surface area contributed by atoms with E-state index in [1.807, 2.05) is 13.2 Å². The molecule has 12 heavy (non-hydrogen) atoms. The van der Waals surface area contributed by atoms with Gasteiger partial charge in [0.2, 0.25) is 0 Å². The van der Waals surface area contributed by atoms with Crippen molar-refractivity contribution in [2.75, 3.05) is 18.6 Å². The Kier molecular flexibility index (Phi) is 7.29. The molecule has 0 bridgehead atoms. The summed E-state index contributed by atoms with van der Waals surface area (Å²) in [5.74, 6) is 0.633. The first kappa shape index (κ1) is 11.8. The van der Waals surface area contributed by atoms with Crippen LogP contribution < -0.4 is 5.73 Å². The lowest BCUT2D eigenvalue weighted by Gasteiger charge is -2.09. The molecule has 0 saturated carbocycles. The maximum Gasteiger partial charge on any atom is 0.322 e. The zero-order valence-electron chi connectivity index (χ0n) is 7.71. The highest BCUT2D eigenvalue weighted by Gasteiger charge is 2.13. The van der Waals surface area contributed by atoms with E-state index in [0.29, 0.717) is 13.0 Å². The minimum absolute atomic E-state index is 0.272. The average Bonchev–Trinajstić information content (AvgIpc) is 2.10. The Bertz CT molecular complexity index is 130. The Morgan fingerprint density at radius 1 is 1.67 bits per heavy atom. The summed E-state index contributed by atoms with van der Waals surface area (Å²) >= 11 is 1.68. The van der Waals surface area contributed by atoms with Gasteiger partial charge in [-0.2, -0.15) is 11.8 Å². The Hall–Kier alpha value is -0.220. The van der Waals surface area contributed by atoms with Crippen molar-refractivity contribution in [1.29, 1.82) is 0 Å². The maximum absolute atomic E-state index is 11.1. The summed E-state index contributed by atoms with van der Waals surface area (Å²) in [6.07, 6.45) is 3.54. The van der Waals surface area contributed by atoms with Crippen LogP contribution in [0.1, 0.15) is 19.8 Å².